The lowest BCUT2D eigenvalue weighted by atomic mass is 10.3. The molecule has 1 heterocycles. The number of hydrogen-bond acceptors (Lipinski definition) is 4. The Balaban J connectivity index is 2.35. The Hall–Kier alpha value is -1.33. The molecule has 2 aromatic rings. The first-order valence-electron chi connectivity index (χ1n) is 4.78. The van der Waals surface area contributed by atoms with Crippen molar-refractivity contribution in [2.45, 2.75) is 0 Å². The van der Waals surface area contributed by atoms with Crippen LogP contribution in [0.4, 0.5) is 11.5 Å². The molecule has 88 valence electrons. The quantitative estimate of drug-likeness (QED) is 0.939. The zero-order chi connectivity index (χ0) is 12.3. The monoisotopic (exact) mass is 313 g/mol. The van der Waals surface area contributed by atoms with Crippen LogP contribution in [-0.4, -0.2) is 17.1 Å². The zero-order valence-corrected chi connectivity index (χ0v) is 11.3. The third-order valence-corrected chi connectivity index (χ3v) is 2.84. The number of methoxy groups -OCH3 is 1. The van der Waals surface area contributed by atoms with Crippen LogP contribution in [0.15, 0.2) is 35.1 Å². The molecular formula is C11H9BrClN3O. The lowest BCUT2D eigenvalue weighted by Crippen LogP contribution is -1.98. The van der Waals surface area contributed by atoms with Crippen molar-refractivity contribution >= 4 is 39.0 Å². The van der Waals surface area contributed by atoms with Gasteiger partial charge < -0.3 is 10.1 Å². The molecule has 6 heteroatoms. The van der Waals surface area contributed by atoms with Crippen LogP contribution in [0.25, 0.3) is 0 Å². The van der Waals surface area contributed by atoms with E-state index in [1.54, 1.807) is 13.3 Å². The summed E-state index contributed by atoms with van der Waals surface area (Å²) in [6, 6.07) is 5.61. The maximum Gasteiger partial charge on any atom is 0.171 e. The molecule has 2 rings (SSSR count). The molecule has 0 amide bonds. The Bertz CT molecular complexity index is 536. The highest BCUT2D eigenvalue weighted by molar-refractivity contribution is 9.10. The maximum atomic E-state index is 5.92. The van der Waals surface area contributed by atoms with E-state index < -0.39 is 0 Å². The predicted molar refractivity (Wildman–Crippen MR) is 71.0 cm³/mol. The Morgan fingerprint density at radius 2 is 2.06 bits per heavy atom. The van der Waals surface area contributed by atoms with Crippen LogP contribution in [0.5, 0.6) is 5.75 Å². The van der Waals surface area contributed by atoms with Crippen LogP contribution in [0.3, 0.4) is 0 Å². The van der Waals surface area contributed by atoms with E-state index in [0.717, 1.165) is 10.2 Å². The average molecular weight is 315 g/mol. The van der Waals surface area contributed by atoms with Gasteiger partial charge >= 0.3 is 0 Å². The molecular weight excluding hydrogens is 305 g/mol. The second-order valence-corrected chi connectivity index (χ2v) is 4.44. The number of hydrogen-bond donors (Lipinski definition) is 1. The molecule has 0 spiro atoms. The first-order valence-corrected chi connectivity index (χ1v) is 5.95. The molecule has 0 fully saturated rings. The normalized spacial score (nSPS) is 10.1. The van der Waals surface area contributed by atoms with Gasteiger partial charge in [-0.1, -0.05) is 27.5 Å². The minimum Gasteiger partial charge on any atom is -0.495 e. The van der Waals surface area contributed by atoms with Gasteiger partial charge in [0.25, 0.3) is 0 Å². The third kappa shape index (κ3) is 2.87. The Kier molecular flexibility index (Phi) is 3.81. The predicted octanol–water partition coefficient (Wildman–Crippen LogP) is 3.64. The Morgan fingerprint density at radius 1 is 1.29 bits per heavy atom. The van der Waals surface area contributed by atoms with E-state index in [4.69, 9.17) is 16.3 Å². The summed E-state index contributed by atoms with van der Waals surface area (Å²) in [6.07, 6.45) is 3.10. The second kappa shape index (κ2) is 5.33. The fourth-order valence-electron chi connectivity index (χ4n) is 1.31. The van der Waals surface area contributed by atoms with Gasteiger partial charge in [0.2, 0.25) is 0 Å². The highest BCUT2D eigenvalue weighted by atomic mass is 79.9. The van der Waals surface area contributed by atoms with Crippen molar-refractivity contribution in [3.63, 3.8) is 0 Å². The van der Waals surface area contributed by atoms with E-state index >= 15 is 0 Å². The minimum atomic E-state index is 0.314. The number of rotatable bonds is 3. The second-order valence-electron chi connectivity index (χ2n) is 3.17. The van der Waals surface area contributed by atoms with Crippen LogP contribution in [0, 0.1) is 0 Å². The summed E-state index contributed by atoms with van der Waals surface area (Å²) in [5.74, 6) is 1.19. The first kappa shape index (κ1) is 12.1. The summed E-state index contributed by atoms with van der Waals surface area (Å²) in [4.78, 5) is 8.04. The molecule has 4 nitrogen and oxygen atoms in total. The molecule has 0 aliphatic carbocycles. The van der Waals surface area contributed by atoms with E-state index in [9.17, 15) is 0 Å². The van der Waals surface area contributed by atoms with Crippen molar-refractivity contribution in [1.82, 2.24) is 9.97 Å². The van der Waals surface area contributed by atoms with E-state index in [2.05, 4.69) is 31.2 Å². The van der Waals surface area contributed by atoms with Gasteiger partial charge in [-0.3, -0.25) is 0 Å². The fraction of sp³-hybridized carbons (Fsp3) is 0.0909. The van der Waals surface area contributed by atoms with Crippen LogP contribution >= 0.6 is 27.5 Å². The number of anilines is 2. The fourth-order valence-corrected chi connectivity index (χ4v) is 1.82. The zero-order valence-electron chi connectivity index (χ0n) is 8.95. The number of nitrogens with zero attached hydrogens (tertiary/aromatic N) is 2. The van der Waals surface area contributed by atoms with Crippen LogP contribution in [0.2, 0.25) is 5.15 Å². The summed E-state index contributed by atoms with van der Waals surface area (Å²) in [6.45, 7) is 0. The molecule has 0 aliphatic heterocycles. The van der Waals surface area contributed by atoms with Gasteiger partial charge in [-0.05, 0) is 18.2 Å². The number of halogens is 2. The molecule has 1 N–H and O–H groups in total. The van der Waals surface area contributed by atoms with Gasteiger partial charge in [0, 0.05) is 16.9 Å². The van der Waals surface area contributed by atoms with E-state index in [0.29, 0.717) is 16.7 Å². The highest BCUT2D eigenvalue weighted by Crippen LogP contribution is 2.31. The SMILES string of the molecule is COc1ccc(Br)cc1Nc1nccnc1Cl. The van der Waals surface area contributed by atoms with Crippen LogP contribution < -0.4 is 10.1 Å². The molecule has 17 heavy (non-hydrogen) atoms. The lowest BCUT2D eigenvalue weighted by molar-refractivity contribution is 0.416. The van der Waals surface area contributed by atoms with E-state index in [-0.39, 0.29) is 0 Å². The molecule has 0 radical (unpaired) electrons. The Labute approximate surface area is 112 Å². The molecule has 0 saturated carbocycles. The average Bonchev–Trinajstić information content (AvgIpc) is 2.32. The summed E-state index contributed by atoms with van der Waals surface area (Å²) in [5, 5.41) is 3.39. The number of benzene rings is 1. The molecule has 0 atom stereocenters. The van der Waals surface area contributed by atoms with Crippen molar-refractivity contribution < 1.29 is 4.74 Å². The van der Waals surface area contributed by atoms with Gasteiger partial charge in [-0.15, -0.1) is 0 Å². The molecule has 0 saturated heterocycles. The van der Waals surface area contributed by atoms with Gasteiger partial charge in [0.1, 0.15) is 5.75 Å². The summed E-state index contributed by atoms with van der Waals surface area (Å²) in [7, 11) is 1.60. The number of ether oxygens (including phenoxy) is 1. The first-order chi connectivity index (χ1) is 8.20. The maximum absolute atomic E-state index is 5.92. The van der Waals surface area contributed by atoms with Gasteiger partial charge in [0.15, 0.2) is 11.0 Å². The van der Waals surface area contributed by atoms with Crippen molar-refractivity contribution in [1.29, 1.82) is 0 Å². The van der Waals surface area contributed by atoms with Crippen LogP contribution in [0.1, 0.15) is 0 Å². The van der Waals surface area contributed by atoms with Gasteiger partial charge in [-0.25, -0.2) is 9.97 Å². The van der Waals surface area contributed by atoms with Gasteiger partial charge in [-0.2, -0.15) is 0 Å². The summed E-state index contributed by atoms with van der Waals surface area (Å²) in [5.41, 5.74) is 0.768. The molecule has 1 aromatic carbocycles. The summed E-state index contributed by atoms with van der Waals surface area (Å²) < 4.78 is 6.17. The van der Waals surface area contributed by atoms with E-state index in [1.807, 2.05) is 18.2 Å². The third-order valence-electron chi connectivity index (χ3n) is 2.07. The minimum absolute atomic E-state index is 0.314. The van der Waals surface area contributed by atoms with Crippen molar-refractivity contribution in [3.8, 4) is 5.75 Å². The lowest BCUT2D eigenvalue weighted by Gasteiger charge is -2.11. The molecule has 0 bridgehead atoms. The van der Waals surface area contributed by atoms with E-state index in [1.165, 1.54) is 6.20 Å². The van der Waals surface area contributed by atoms with Crippen molar-refractivity contribution in [2.24, 2.45) is 0 Å². The number of nitrogens with one attached hydrogen (secondary N) is 1. The number of aromatic nitrogens is 2. The Morgan fingerprint density at radius 3 is 2.76 bits per heavy atom. The molecule has 0 unspecified atom stereocenters. The molecule has 1 aromatic heterocycles. The smallest absolute Gasteiger partial charge is 0.171 e. The topological polar surface area (TPSA) is 47.0 Å². The van der Waals surface area contributed by atoms with Gasteiger partial charge in [0.05, 0.1) is 12.8 Å². The van der Waals surface area contributed by atoms with Crippen molar-refractivity contribution in [2.75, 3.05) is 12.4 Å². The summed E-state index contributed by atoms with van der Waals surface area (Å²) >= 11 is 9.31. The standard InChI is InChI=1S/C11H9BrClN3O/c1-17-9-3-2-7(12)6-8(9)16-11-10(13)14-4-5-15-11/h2-6H,1H3,(H,15,16). The van der Waals surface area contributed by atoms with Crippen molar-refractivity contribution in [3.05, 3.63) is 40.2 Å². The van der Waals surface area contributed by atoms with Crippen LogP contribution in [-0.2, 0) is 0 Å². The largest absolute Gasteiger partial charge is 0.495 e. The molecule has 0 aliphatic rings. The highest BCUT2D eigenvalue weighted by Gasteiger charge is 2.07.